The molecule has 0 saturated carbocycles. The third kappa shape index (κ3) is 9.54. The number of amides is 1. The lowest BCUT2D eigenvalue weighted by Gasteiger charge is -2.29. The molecule has 1 aliphatic rings. The van der Waals surface area contributed by atoms with Crippen molar-refractivity contribution in [2.45, 2.75) is 92.0 Å². The largest absolute Gasteiger partial charge is 0.386 e. The fourth-order valence-corrected chi connectivity index (χ4v) is 3.14. The number of hydrogen-bond acceptors (Lipinski definition) is 4. The first kappa shape index (κ1) is 28.0. The molecule has 1 rings (SSSR count). The molecule has 0 spiro atoms. The van der Waals surface area contributed by atoms with Gasteiger partial charge in [-0.1, -0.05) is 60.3 Å². The van der Waals surface area contributed by atoms with Gasteiger partial charge in [0.05, 0.1) is 24.2 Å². The van der Waals surface area contributed by atoms with Gasteiger partial charge in [-0.15, -0.1) is 0 Å². The molecule has 1 heterocycles. The standard InChI is InChI=1S/C18H32N2O3.2C2H6/c1-6-9-14(7-2)16(21)13(4)20-18(22)12(3)17(23-5)15-10-8-11-19-15;2*1-2/h7,9,12-13,15-17,19,21H,2,6,8,10-11H2,1,3-5H3,(H,20,22);2*1-2H3/b14-9+;;/t12-,13-,15+,16-,17-;;/m1../s1. The van der Waals surface area contributed by atoms with Crippen molar-refractivity contribution < 1.29 is 14.6 Å². The molecule has 1 saturated heterocycles. The molecule has 1 aliphatic heterocycles. The van der Waals surface area contributed by atoms with Crippen LogP contribution in [0.1, 0.15) is 67.7 Å². The van der Waals surface area contributed by atoms with Crippen LogP contribution >= 0.6 is 0 Å². The minimum atomic E-state index is -0.755. The number of rotatable bonds is 9. The molecule has 1 amide bonds. The molecule has 5 heteroatoms. The van der Waals surface area contributed by atoms with Crippen LogP contribution in [-0.2, 0) is 9.53 Å². The lowest BCUT2D eigenvalue weighted by Crippen LogP contribution is -2.50. The van der Waals surface area contributed by atoms with E-state index in [1.165, 1.54) is 0 Å². The SMILES string of the molecule is C=C/C(=C\CC)[C@H](O)[C@@H](C)NC(=O)[C@H](C)[C@@H](OC)[C@@H]1CCCN1.CC.CC. The van der Waals surface area contributed by atoms with E-state index in [1.807, 2.05) is 47.6 Å². The molecule has 3 N–H and O–H groups in total. The summed E-state index contributed by atoms with van der Waals surface area (Å²) in [5.74, 6) is -0.385. The van der Waals surface area contributed by atoms with Crippen LogP contribution in [0.2, 0.25) is 0 Å². The van der Waals surface area contributed by atoms with Crippen LogP contribution in [0.25, 0.3) is 0 Å². The molecule has 27 heavy (non-hydrogen) atoms. The second-order valence-electron chi connectivity index (χ2n) is 6.25. The van der Waals surface area contributed by atoms with E-state index in [9.17, 15) is 9.90 Å². The van der Waals surface area contributed by atoms with Crippen molar-refractivity contribution in [3.05, 3.63) is 24.3 Å². The number of hydrogen-bond donors (Lipinski definition) is 3. The van der Waals surface area contributed by atoms with E-state index in [1.54, 1.807) is 20.1 Å². The van der Waals surface area contributed by atoms with E-state index >= 15 is 0 Å². The average molecular weight is 385 g/mol. The van der Waals surface area contributed by atoms with Gasteiger partial charge in [0.1, 0.15) is 0 Å². The van der Waals surface area contributed by atoms with Crippen molar-refractivity contribution in [2.75, 3.05) is 13.7 Å². The first-order chi connectivity index (χ1) is 13.0. The highest BCUT2D eigenvalue weighted by molar-refractivity contribution is 5.79. The molecule has 0 aromatic carbocycles. The predicted octanol–water partition coefficient (Wildman–Crippen LogP) is 3.83. The zero-order valence-corrected chi connectivity index (χ0v) is 18.8. The second kappa shape index (κ2) is 17.0. The highest BCUT2D eigenvalue weighted by Gasteiger charge is 2.33. The van der Waals surface area contributed by atoms with Gasteiger partial charge in [0.25, 0.3) is 0 Å². The van der Waals surface area contributed by atoms with Crippen molar-refractivity contribution in [1.82, 2.24) is 10.6 Å². The molecule has 5 nitrogen and oxygen atoms in total. The van der Waals surface area contributed by atoms with Crippen molar-refractivity contribution in [3.8, 4) is 0 Å². The maximum absolute atomic E-state index is 12.5. The van der Waals surface area contributed by atoms with Gasteiger partial charge < -0.3 is 20.5 Å². The van der Waals surface area contributed by atoms with E-state index in [0.29, 0.717) is 0 Å². The van der Waals surface area contributed by atoms with Crippen LogP contribution in [-0.4, -0.2) is 49.0 Å². The number of aliphatic hydroxyl groups excluding tert-OH is 1. The van der Waals surface area contributed by atoms with Gasteiger partial charge in [-0.05, 0) is 38.3 Å². The quantitative estimate of drug-likeness (QED) is 0.528. The van der Waals surface area contributed by atoms with Gasteiger partial charge in [-0.25, -0.2) is 0 Å². The van der Waals surface area contributed by atoms with Crippen LogP contribution in [0.5, 0.6) is 0 Å². The molecule has 5 atom stereocenters. The third-order valence-electron chi connectivity index (χ3n) is 4.53. The Bertz CT molecular complexity index is 418. The smallest absolute Gasteiger partial charge is 0.225 e. The van der Waals surface area contributed by atoms with E-state index in [4.69, 9.17) is 4.74 Å². The summed E-state index contributed by atoms with van der Waals surface area (Å²) in [4.78, 5) is 12.5. The minimum Gasteiger partial charge on any atom is -0.386 e. The zero-order chi connectivity index (χ0) is 21.4. The summed E-state index contributed by atoms with van der Waals surface area (Å²) in [6.07, 6.45) is 5.59. The van der Waals surface area contributed by atoms with Crippen LogP contribution in [0.3, 0.4) is 0 Å². The number of allylic oxidation sites excluding steroid dienone is 1. The fraction of sp³-hybridized carbons (Fsp3) is 0.773. The fourth-order valence-electron chi connectivity index (χ4n) is 3.14. The Labute approximate surface area is 167 Å². The predicted molar refractivity (Wildman–Crippen MR) is 116 cm³/mol. The molecule has 0 radical (unpaired) electrons. The zero-order valence-electron chi connectivity index (χ0n) is 18.8. The number of ether oxygens (including phenoxy) is 1. The number of aliphatic hydroxyl groups is 1. The molecule has 160 valence electrons. The Morgan fingerprint density at radius 1 is 1.33 bits per heavy atom. The lowest BCUT2D eigenvalue weighted by atomic mass is 9.94. The Hall–Kier alpha value is -1.17. The molecule has 0 unspecified atom stereocenters. The molecule has 0 aromatic rings. The van der Waals surface area contributed by atoms with E-state index < -0.39 is 6.10 Å². The Balaban J connectivity index is 0. The van der Waals surface area contributed by atoms with Gasteiger partial charge in [0.2, 0.25) is 5.91 Å². The Morgan fingerprint density at radius 2 is 1.93 bits per heavy atom. The number of carbonyl (C=O) groups excluding carboxylic acids is 1. The average Bonchev–Trinajstić information content (AvgIpc) is 3.23. The van der Waals surface area contributed by atoms with Crippen molar-refractivity contribution in [2.24, 2.45) is 5.92 Å². The third-order valence-corrected chi connectivity index (χ3v) is 4.53. The molecule has 0 aromatic heterocycles. The first-order valence-electron chi connectivity index (χ1n) is 10.5. The van der Waals surface area contributed by atoms with Crippen LogP contribution in [0.15, 0.2) is 24.3 Å². The van der Waals surface area contributed by atoms with Crippen LogP contribution < -0.4 is 10.6 Å². The minimum absolute atomic E-state index is 0.1000. The normalized spacial score (nSPS) is 20.8. The van der Waals surface area contributed by atoms with Gasteiger partial charge in [-0.2, -0.15) is 0 Å². The van der Waals surface area contributed by atoms with Crippen molar-refractivity contribution in [1.29, 1.82) is 0 Å². The first-order valence-corrected chi connectivity index (χ1v) is 10.5. The number of nitrogens with one attached hydrogen (secondary N) is 2. The van der Waals surface area contributed by atoms with Gasteiger partial charge in [-0.3, -0.25) is 4.79 Å². The Kier molecular flexibility index (Phi) is 17.6. The van der Waals surface area contributed by atoms with Crippen LogP contribution in [0.4, 0.5) is 0 Å². The van der Waals surface area contributed by atoms with Crippen molar-refractivity contribution in [3.63, 3.8) is 0 Å². The molecular weight excluding hydrogens is 340 g/mol. The summed E-state index contributed by atoms with van der Waals surface area (Å²) in [5.41, 5.74) is 0.744. The van der Waals surface area contributed by atoms with E-state index in [0.717, 1.165) is 31.4 Å². The van der Waals surface area contributed by atoms with Gasteiger partial charge in [0, 0.05) is 13.2 Å². The number of carbonyl (C=O) groups is 1. The molecule has 0 bridgehead atoms. The topological polar surface area (TPSA) is 70.6 Å². The molecule has 0 aliphatic carbocycles. The molecular formula is C22H44N2O3. The van der Waals surface area contributed by atoms with Gasteiger partial charge >= 0.3 is 0 Å². The van der Waals surface area contributed by atoms with Crippen LogP contribution in [0, 0.1) is 5.92 Å². The summed E-state index contributed by atoms with van der Waals surface area (Å²) < 4.78 is 5.55. The van der Waals surface area contributed by atoms with E-state index in [-0.39, 0.29) is 30.0 Å². The molecule has 1 fully saturated rings. The second-order valence-corrected chi connectivity index (χ2v) is 6.25. The van der Waals surface area contributed by atoms with E-state index in [2.05, 4.69) is 17.2 Å². The highest BCUT2D eigenvalue weighted by atomic mass is 16.5. The highest BCUT2D eigenvalue weighted by Crippen LogP contribution is 2.19. The maximum atomic E-state index is 12.5. The summed E-state index contributed by atoms with van der Waals surface area (Å²) >= 11 is 0. The maximum Gasteiger partial charge on any atom is 0.225 e. The summed E-state index contributed by atoms with van der Waals surface area (Å²) in [6.45, 7) is 18.4. The lowest BCUT2D eigenvalue weighted by molar-refractivity contribution is -0.130. The van der Waals surface area contributed by atoms with Crippen molar-refractivity contribution >= 4 is 5.91 Å². The van der Waals surface area contributed by atoms with Gasteiger partial charge in [0.15, 0.2) is 0 Å². The summed E-state index contributed by atoms with van der Waals surface area (Å²) in [7, 11) is 1.65. The Morgan fingerprint density at radius 3 is 2.33 bits per heavy atom. The monoisotopic (exact) mass is 384 g/mol. The number of methoxy groups -OCH3 is 1. The summed E-state index contributed by atoms with van der Waals surface area (Å²) in [5, 5.41) is 16.6. The summed E-state index contributed by atoms with van der Waals surface area (Å²) in [6, 6.07) is -0.167.